The van der Waals surface area contributed by atoms with Crippen LogP contribution in [0.5, 0.6) is 0 Å². The molecule has 4 heterocycles. The fourth-order valence-corrected chi connectivity index (χ4v) is 6.02. The van der Waals surface area contributed by atoms with Gasteiger partial charge in [-0.3, -0.25) is 4.90 Å². The lowest BCUT2D eigenvalue weighted by atomic mass is 9.63. The van der Waals surface area contributed by atoms with Gasteiger partial charge in [-0.05, 0) is 55.7 Å². The first kappa shape index (κ1) is 15.4. The van der Waals surface area contributed by atoms with Crippen LogP contribution in [0.2, 0.25) is 0 Å². The number of hydrogen-bond donors (Lipinski definition) is 0. The molecule has 0 N–H and O–H groups in total. The summed E-state index contributed by atoms with van der Waals surface area (Å²) in [7, 11) is 1.53. The smallest absolute Gasteiger partial charge is 0.328 e. The van der Waals surface area contributed by atoms with Crippen LogP contribution in [0, 0.1) is 5.41 Å². The summed E-state index contributed by atoms with van der Waals surface area (Å²) < 4.78 is 7.59. The van der Waals surface area contributed by atoms with Gasteiger partial charge in [0, 0.05) is 23.1 Å². The van der Waals surface area contributed by atoms with E-state index in [1.54, 1.807) is 0 Å². The maximum atomic E-state index is 12.8. The van der Waals surface area contributed by atoms with Crippen LogP contribution in [0.25, 0.3) is 10.9 Å². The number of hydrogen-bond acceptors (Lipinski definition) is 3. The van der Waals surface area contributed by atoms with Gasteiger partial charge >= 0.3 is 5.97 Å². The Kier molecular flexibility index (Phi) is 3.30. The molecule has 0 radical (unpaired) electrons. The van der Waals surface area contributed by atoms with E-state index in [9.17, 15) is 4.79 Å². The number of benzene rings is 1. The maximum absolute atomic E-state index is 12.8. The summed E-state index contributed by atoms with van der Waals surface area (Å²) in [6.45, 7) is 4.65. The normalized spacial score (nSPS) is 31.0. The molecule has 0 saturated carbocycles. The van der Waals surface area contributed by atoms with Crippen molar-refractivity contribution in [3.05, 3.63) is 35.5 Å². The molecule has 2 aromatic rings. The summed E-state index contributed by atoms with van der Waals surface area (Å²) >= 11 is 0. The molecule has 0 bridgehead atoms. The number of para-hydroxylation sites is 1. The number of aromatic nitrogens is 1. The molecule has 0 unspecified atom stereocenters. The molecule has 3 aliphatic heterocycles. The zero-order valence-electron chi connectivity index (χ0n) is 15.1. The van der Waals surface area contributed by atoms with Crippen molar-refractivity contribution in [2.45, 2.75) is 51.1 Å². The molecule has 0 aliphatic carbocycles. The van der Waals surface area contributed by atoms with Gasteiger partial charge in [0.1, 0.15) is 6.04 Å². The number of methoxy groups -OCH3 is 1. The van der Waals surface area contributed by atoms with Crippen molar-refractivity contribution in [3.8, 4) is 0 Å². The lowest BCUT2D eigenvalue weighted by molar-refractivity contribution is -0.149. The van der Waals surface area contributed by atoms with Crippen molar-refractivity contribution in [1.82, 2.24) is 9.47 Å². The van der Waals surface area contributed by atoms with E-state index in [1.807, 2.05) is 0 Å². The third-order valence-electron chi connectivity index (χ3n) is 7.12. The van der Waals surface area contributed by atoms with Crippen LogP contribution < -0.4 is 0 Å². The number of nitrogens with zero attached hydrogens (tertiary/aromatic N) is 2. The molecule has 4 nitrogen and oxygen atoms in total. The first-order chi connectivity index (χ1) is 12.2. The summed E-state index contributed by atoms with van der Waals surface area (Å²) in [6.07, 6.45) is 5.59. The fourth-order valence-electron chi connectivity index (χ4n) is 6.02. The van der Waals surface area contributed by atoms with E-state index >= 15 is 0 Å². The highest BCUT2D eigenvalue weighted by molar-refractivity contribution is 5.89. The molecule has 4 heteroatoms. The summed E-state index contributed by atoms with van der Waals surface area (Å²) in [5.74, 6) is -0.0856. The molecule has 1 saturated heterocycles. The molecule has 0 spiro atoms. The zero-order valence-corrected chi connectivity index (χ0v) is 15.1. The lowest BCUT2D eigenvalue weighted by Crippen LogP contribution is -2.53. The number of carbonyl (C=O) groups excluding carboxylic acids is 1. The highest BCUT2D eigenvalue weighted by Gasteiger charge is 2.54. The second-order valence-electron chi connectivity index (χ2n) is 8.00. The first-order valence-electron chi connectivity index (χ1n) is 9.64. The largest absolute Gasteiger partial charge is 0.467 e. The molecule has 1 aromatic carbocycles. The van der Waals surface area contributed by atoms with Crippen molar-refractivity contribution in [1.29, 1.82) is 0 Å². The zero-order chi connectivity index (χ0) is 17.2. The predicted octanol–water partition coefficient (Wildman–Crippen LogP) is 3.85. The summed E-state index contributed by atoms with van der Waals surface area (Å²) in [5, 5.41) is 1.34. The van der Waals surface area contributed by atoms with Gasteiger partial charge in [-0.15, -0.1) is 0 Å². The number of ether oxygens (including phenoxy) is 1. The fraction of sp³-hybridized carbons (Fsp3) is 0.571. The van der Waals surface area contributed by atoms with E-state index in [4.69, 9.17) is 4.74 Å². The topological polar surface area (TPSA) is 34.5 Å². The van der Waals surface area contributed by atoms with E-state index in [0.717, 1.165) is 25.8 Å². The van der Waals surface area contributed by atoms with Crippen LogP contribution in [0.4, 0.5) is 0 Å². The number of carbonyl (C=O) groups is 1. The third-order valence-corrected chi connectivity index (χ3v) is 7.12. The minimum Gasteiger partial charge on any atom is -0.467 e. The van der Waals surface area contributed by atoms with Crippen molar-refractivity contribution in [2.24, 2.45) is 5.41 Å². The van der Waals surface area contributed by atoms with Gasteiger partial charge in [-0.2, -0.15) is 0 Å². The second-order valence-corrected chi connectivity index (χ2v) is 8.00. The Balaban J connectivity index is 1.84. The number of piperidine rings is 1. The van der Waals surface area contributed by atoms with Gasteiger partial charge in [-0.1, -0.05) is 25.1 Å². The molecular formula is C21H26N2O2. The van der Waals surface area contributed by atoms with Gasteiger partial charge in [-0.25, -0.2) is 4.79 Å². The molecule has 0 amide bonds. The van der Waals surface area contributed by atoms with Crippen LogP contribution in [-0.2, 0) is 16.0 Å². The molecule has 1 fully saturated rings. The quantitative estimate of drug-likeness (QED) is 0.780. The maximum Gasteiger partial charge on any atom is 0.328 e. The van der Waals surface area contributed by atoms with E-state index in [-0.39, 0.29) is 17.4 Å². The Morgan fingerprint density at radius 2 is 2.16 bits per heavy atom. The van der Waals surface area contributed by atoms with Gasteiger partial charge < -0.3 is 9.30 Å². The standard InChI is InChI=1S/C21H26N2O2/c1-3-21-10-6-11-22-12-9-15-14-7-4-5-8-16(14)23(18(15)19(21)22)17(13-21)20(24)25-2/h4-5,7-8,17,19H,3,6,9-13H2,1-2H3/t17-,19-,21-/m0/s1. The molecule has 132 valence electrons. The van der Waals surface area contributed by atoms with Crippen LogP contribution >= 0.6 is 0 Å². The van der Waals surface area contributed by atoms with E-state index < -0.39 is 0 Å². The average molecular weight is 338 g/mol. The molecule has 3 atom stereocenters. The molecule has 25 heavy (non-hydrogen) atoms. The summed E-state index contributed by atoms with van der Waals surface area (Å²) in [6, 6.07) is 8.90. The van der Waals surface area contributed by atoms with E-state index in [0.29, 0.717) is 6.04 Å². The van der Waals surface area contributed by atoms with E-state index in [2.05, 4.69) is 40.7 Å². The van der Waals surface area contributed by atoms with Crippen LogP contribution in [-0.4, -0.2) is 35.6 Å². The minimum atomic E-state index is -0.187. The second kappa shape index (κ2) is 5.34. The molecule has 1 aromatic heterocycles. The Morgan fingerprint density at radius 3 is 2.96 bits per heavy atom. The molecule has 3 aliphatic rings. The summed E-state index contributed by atoms with van der Waals surface area (Å²) in [4.78, 5) is 15.5. The van der Waals surface area contributed by atoms with Crippen molar-refractivity contribution in [2.75, 3.05) is 20.2 Å². The van der Waals surface area contributed by atoms with Crippen LogP contribution in [0.15, 0.2) is 24.3 Å². The van der Waals surface area contributed by atoms with Crippen LogP contribution in [0.3, 0.4) is 0 Å². The molecular weight excluding hydrogens is 312 g/mol. The van der Waals surface area contributed by atoms with Crippen molar-refractivity contribution in [3.63, 3.8) is 0 Å². The Morgan fingerprint density at radius 1 is 1.32 bits per heavy atom. The average Bonchev–Trinajstić information content (AvgIpc) is 3.01. The van der Waals surface area contributed by atoms with Gasteiger partial charge in [0.2, 0.25) is 0 Å². The van der Waals surface area contributed by atoms with Gasteiger partial charge in [0.25, 0.3) is 0 Å². The first-order valence-corrected chi connectivity index (χ1v) is 9.64. The Hall–Kier alpha value is -1.81. The highest BCUT2D eigenvalue weighted by Crippen LogP contribution is 2.59. The highest BCUT2D eigenvalue weighted by atomic mass is 16.5. The monoisotopic (exact) mass is 338 g/mol. The van der Waals surface area contributed by atoms with E-state index in [1.165, 1.54) is 48.7 Å². The molecule has 5 rings (SSSR count). The van der Waals surface area contributed by atoms with Gasteiger partial charge in [0.05, 0.1) is 13.2 Å². The summed E-state index contributed by atoms with van der Waals surface area (Å²) in [5.41, 5.74) is 4.30. The van der Waals surface area contributed by atoms with Crippen LogP contribution in [0.1, 0.15) is 55.9 Å². The lowest BCUT2D eigenvalue weighted by Gasteiger charge is -2.56. The van der Waals surface area contributed by atoms with Crippen molar-refractivity contribution < 1.29 is 9.53 Å². The third kappa shape index (κ3) is 1.89. The Labute approximate surface area is 148 Å². The van der Waals surface area contributed by atoms with Crippen molar-refractivity contribution >= 4 is 16.9 Å². The van der Waals surface area contributed by atoms with Gasteiger partial charge in [0.15, 0.2) is 0 Å². The predicted molar refractivity (Wildman–Crippen MR) is 97.6 cm³/mol. The number of fused-ring (bicyclic) bond motifs is 3. The number of esters is 1. The number of rotatable bonds is 2. The Bertz CT molecular complexity index is 855. The minimum absolute atomic E-state index is 0.0856. The SMILES string of the molecule is CC[C@]12CCCN3CCc4c(n(c5ccccc45)[C@H](C(=O)OC)C1)[C@H]32.